The van der Waals surface area contributed by atoms with Crippen molar-refractivity contribution in [3.05, 3.63) is 29.6 Å². The summed E-state index contributed by atoms with van der Waals surface area (Å²) in [5, 5.41) is 3.39. The standard InChI is InChI=1S/C15H22N4/c1-3-12-4-5-14-13(10-12)17-15(18(14)2)11-19-8-6-16-7-9-19/h4-5,10,16H,3,6-9,11H2,1-2H3. The SMILES string of the molecule is CCc1ccc2c(c1)nc(CN1CCNCC1)n2C. The van der Waals surface area contributed by atoms with Crippen LogP contribution in [-0.4, -0.2) is 40.6 Å². The van der Waals surface area contributed by atoms with Crippen molar-refractivity contribution in [3.63, 3.8) is 0 Å². The molecule has 0 aliphatic carbocycles. The van der Waals surface area contributed by atoms with Crippen LogP contribution in [0, 0.1) is 0 Å². The van der Waals surface area contributed by atoms with Gasteiger partial charge in [-0.05, 0) is 24.1 Å². The van der Waals surface area contributed by atoms with E-state index < -0.39 is 0 Å². The zero-order valence-corrected chi connectivity index (χ0v) is 11.8. The second-order valence-electron chi connectivity index (χ2n) is 5.29. The van der Waals surface area contributed by atoms with Gasteiger partial charge in [0.1, 0.15) is 5.82 Å². The van der Waals surface area contributed by atoms with Crippen molar-refractivity contribution in [3.8, 4) is 0 Å². The maximum atomic E-state index is 4.82. The second-order valence-corrected chi connectivity index (χ2v) is 5.29. The van der Waals surface area contributed by atoms with Crippen LogP contribution in [-0.2, 0) is 20.0 Å². The van der Waals surface area contributed by atoms with E-state index in [1.165, 1.54) is 16.9 Å². The van der Waals surface area contributed by atoms with E-state index in [0.717, 1.165) is 44.7 Å². The molecule has 0 bridgehead atoms. The summed E-state index contributed by atoms with van der Waals surface area (Å²) in [6.45, 7) is 7.54. The first-order valence-electron chi connectivity index (χ1n) is 7.15. The van der Waals surface area contributed by atoms with Gasteiger partial charge in [0.05, 0.1) is 17.6 Å². The second kappa shape index (κ2) is 5.31. The van der Waals surface area contributed by atoms with Gasteiger partial charge in [-0.25, -0.2) is 4.98 Å². The highest BCUT2D eigenvalue weighted by molar-refractivity contribution is 5.76. The summed E-state index contributed by atoms with van der Waals surface area (Å²) in [6.07, 6.45) is 1.07. The molecule has 0 saturated carbocycles. The van der Waals surface area contributed by atoms with Crippen LogP contribution in [0.5, 0.6) is 0 Å². The van der Waals surface area contributed by atoms with Crippen LogP contribution in [0.4, 0.5) is 0 Å². The van der Waals surface area contributed by atoms with E-state index in [2.05, 4.69) is 47.0 Å². The Morgan fingerprint density at radius 3 is 2.79 bits per heavy atom. The van der Waals surface area contributed by atoms with Crippen molar-refractivity contribution in [1.29, 1.82) is 0 Å². The molecule has 1 fully saturated rings. The van der Waals surface area contributed by atoms with Gasteiger partial charge < -0.3 is 9.88 Å². The van der Waals surface area contributed by atoms with Crippen LogP contribution in [0.15, 0.2) is 18.2 Å². The Balaban J connectivity index is 1.88. The first kappa shape index (κ1) is 12.6. The smallest absolute Gasteiger partial charge is 0.123 e. The van der Waals surface area contributed by atoms with Gasteiger partial charge in [-0.15, -0.1) is 0 Å². The van der Waals surface area contributed by atoms with E-state index in [1.54, 1.807) is 0 Å². The van der Waals surface area contributed by atoms with E-state index in [9.17, 15) is 0 Å². The number of rotatable bonds is 3. The van der Waals surface area contributed by atoms with Gasteiger partial charge in [0.15, 0.2) is 0 Å². The topological polar surface area (TPSA) is 33.1 Å². The Kier molecular flexibility index (Phi) is 3.53. The van der Waals surface area contributed by atoms with E-state index in [-0.39, 0.29) is 0 Å². The van der Waals surface area contributed by atoms with Crippen LogP contribution in [0.3, 0.4) is 0 Å². The van der Waals surface area contributed by atoms with E-state index in [0.29, 0.717) is 0 Å². The molecule has 0 unspecified atom stereocenters. The van der Waals surface area contributed by atoms with Crippen molar-refractivity contribution >= 4 is 11.0 Å². The first-order chi connectivity index (χ1) is 9.28. The lowest BCUT2D eigenvalue weighted by Crippen LogP contribution is -2.43. The predicted molar refractivity (Wildman–Crippen MR) is 78.2 cm³/mol. The summed E-state index contributed by atoms with van der Waals surface area (Å²) >= 11 is 0. The van der Waals surface area contributed by atoms with Crippen LogP contribution in [0.25, 0.3) is 11.0 Å². The average molecular weight is 258 g/mol. The molecule has 4 nitrogen and oxygen atoms in total. The lowest BCUT2D eigenvalue weighted by Gasteiger charge is -2.26. The lowest BCUT2D eigenvalue weighted by molar-refractivity contribution is 0.226. The summed E-state index contributed by atoms with van der Waals surface area (Å²) in [7, 11) is 2.12. The van der Waals surface area contributed by atoms with Crippen LogP contribution < -0.4 is 5.32 Å². The largest absolute Gasteiger partial charge is 0.330 e. The van der Waals surface area contributed by atoms with Gasteiger partial charge in [-0.1, -0.05) is 13.0 Å². The summed E-state index contributed by atoms with van der Waals surface area (Å²) in [5.41, 5.74) is 3.73. The summed E-state index contributed by atoms with van der Waals surface area (Å²) in [5.74, 6) is 1.17. The molecular formula is C15H22N4. The molecule has 2 heterocycles. The molecule has 1 aromatic carbocycles. The minimum Gasteiger partial charge on any atom is -0.330 e. The third-order valence-electron chi connectivity index (χ3n) is 4.02. The van der Waals surface area contributed by atoms with Crippen LogP contribution in [0.1, 0.15) is 18.3 Å². The molecule has 1 aliphatic rings. The highest BCUT2D eigenvalue weighted by Crippen LogP contribution is 2.18. The predicted octanol–water partition coefficient (Wildman–Crippen LogP) is 1.54. The molecule has 0 radical (unpaired) electrons. The minimum absolute atomic E-state index is 0.953. The number of nitrogens with one attached hydrogen (secondary N) is 1. The van der Waals surface area contributed by atoms with Crippen molar-refractivity contribution < 1.29 is 0 Å². The third kappa shape index (κ3) is 2.51. The number of fused-ring (bicyclic) bond motifs is 1. The average Bonchev–Trinajstić information content (AvgIpc) is 2.76. The van der Waals surface area contributed by atoms with Crippen LogP contribution in [0.2, 0.25) is 0 Å². The van der Waals surface area contributed by atoms with E-state index in [4.69, 9.17) is 4.98 Å². The lowest BCUT2D eigenvalue weighted by atomic mass is 10.1. The summed E-state index contributed by atoms with van der Waals surface area (Å²) in [6, 6.07) is 6.62. The monoisotopic (exact) mass is 258 g/mol. The highest BCUT2D eigenvalue weighted by Gasteiger charge is 2.14. The highest BCUT2D eigenvalue weighted by atomic mass is 15.2. The summed E-state index contributed by atoms with van der Waals surface area (Å²) < 4.78 is 2.23. The molecule has 19 heavy (non-hydrogen) atoms. The minimum atomic E-state index is 0.953. The van der Waals surface area contributed by atoms with E-state index in [1.807, 2.05) is 0 Å². The molecule has 0 amide bonds. The third-order valence-corrected chi connectivity index (χ3v) is 4.02. The normalized spacial score (nSPS) is 17.2. The Bertz CT molecular complexity index is 567. The molecule has 1 aliphatic heterocycles. The number of piperazine rings is 1. The molecule has 3 rings (SSSR count). The van der Waals surface area contributed by atoms with Crippen molar-refractivity contribution in [1.82, 2.24) is 19.8 Å². The molecule has 102 valence electrons. The number of hydrogen-bond donors (Lipinski definition) is 1. The Labute approximate surface area is 114 Å². The van der Waals surface area contributed by atoms with Gasteiger partial charge >= 0.3 is 0 Å². The van der Waals surface area contributed by atoms with Crippen molar-refractivity contribution in [2.75, 3.05) is 26.2 Å². The molecule has 1 saturated heterocycles. The van der Waals surface area contributed by atoms with Crippen molar-refractivity contribution in [2.24, 2.45) is 7.05 Å². The van der Waals surface area contributed by atoms with E-state index >= 15 is 0 Å². The maximum absolute atomic E-state index is 4.82. The maximum Gasteiger partial charge on any atom is 0.123 e. The number of benzene rings is 1. The summed E-state index contributed by atoms with van der Waals surface area (Å²) in [4.78, 5) is 7.29. The Morgan fingerprint density at radius 2 is 2.05 bits per heavy atom. The fourth-order valence-electron chi connectivity index (χ4n) is 2.73. The number of aryl methyl sites for hydroxylation is 2. The van der Waals surface area contributed by atoms with Gasteiger partial charge in [-0.3, -0.25) is 4.90 Å². The molecule has 0 atom stereocenters. The zero-order chi connectivity index (χ0) is 13.2. The number of nitrogens with zero attached hydrogens (tertiary/aromatic N) is 3. The van der Waals surface area contributed by atoms with Gasteiger partial charge in [0.25, 0.3) is 0 Å². The first-order valence-corrected chi connectivity index (χ1v) is 7.15. The number of hydrogen-bond acceptors (Lipinski definition) is 3. The number of aromatic nitrogens is 2. The number of imidazole rings is 1. The Hall–Kier alpha value is -1.39. The molecule has 1 N–H and O–H groups in total. The quantitative estimate of drug-likeness (QED) is 0.906. The zero-order valence-electron chi connectivity index (χ0n) is 11.8. The van der Waals surface area contributed by atoms with Gasteiger partial charge in [0.2, 0.25) is 0 Å². The van der Waals surface area contributed by atoms with Gasteiger partial charge in [0, 0.05) is 33.2 Å². The molecule has 2 aromatic rings. The van der Waals surface area contributed by atoms with Crippen LogP contribution >= 0.6 is 0 Å². The fraction of sp³-hybridized carbons (Fsp3) is 0.533. The van der Waals surface area contributed by atoms with Crippen molar-refractivity contribution in [2.45, 2.75) is 19.9 Å². The molecule has 1 aromatic heterocycles. The Morgan fingerprint density at radius 1 is 1.26 bits per heavy atom. The van der Waals surface area contributed by atoms with Gasteiger partial charge in [-0.2, -0.15) is 0 Å². The fourth-order valence-corrected chi connectivity index (χ4v) is 2.73. The molecule has 4 heteroatoms. The molecule has 0 spiro atoms. The molecular weight excluding hydrogens is 236 g/mol.